The van der Waals surface area contributed by atoms with E-state index < -0.39 is 21.8 Å². The fourth-order valence-corrected chi connectivity index (χ4v) is 5.85. The molecule has 1 amide bonds. The second kappa shape index (κ2) is 8.31. The summed E-state index contributed by atoms with van der Waals surface area (Å²) in [6.45, 7) is 2.20. The van der Waals surface area contributed by atoms with Crippen molar-refractivity contribution in [3.8, 4) is 0 Å². The number of piperazine rings is 1. The van der Waals surface area contributed by atoms with Crippen LogP contribution < -0.4 is 5.76 Å². The minimum Gasteiger partial charge on any atom is -0.408 e. The molecule has 1 aliphatic heterocycles. The minimum absolute atomic E-state index is 0.0255. The number of oxazole rings is 1. The van der Waals surface area contributed by atoms with Crippen molar-refractivity contribution in [2.45, 2.75) is 17.9 Å². The Kier molecular flexibility index (Phi) is 5.87. The molecule has 31 heavy (non-hydrogen) atoms. The third kappa shape index (κ3) is 3.87. The fraction of sp³-hybridized carbons (Fsp3) is 0.300. The topological polar surface area (TPSA) is 92.8 Å². The van der Waals surface area contributed by atoms with Gasteiger partial charge in [-0.3, -0.25) is 9.36 Å². The van der Waals surface area contributed by atoms with E-state index in [-0.39, 0.29) is 47.0 Å². The molecule has 4 rings (SSSR count). The number of fused-ring (bicyclic) bond motifs is 1. The molecule has 1 aromatic heterocycles. The van der Waals surface area contributed by atoms with Crippen LogP contribution in [-0.4, -0.2) is 54.3 Å². The maximum atomic E-state index is 13.0. The standard InChI is InChI=1S/C20H19Cl2N3O5S/c1-13(25-15-6-2-3-7-16(15)30-20(25)27)19(26)23-9-11-24(12-10-23)31(28,29)17-8-4-5-14(21)18(17)22/h2-8,13H,9-12H2,1H3. The maximum Gasteiger partial charge on any atom is 0.420 e. The number of hydrogen-bond donors (Lipinski definition) is 0. The highest BCUT2D eigenvalue weighted by Crippen LogP contribution is 2.31. The highest BCUT2D eigenvalue weighted by Gasteiger charge is 2.34. The summed E-state index contributed by atoms with van der Waals surface area (Å²) in [6, 6.07) is 10.5. The number of carbonyl (C=O) groups excluding carboxylic acids is 1. The molecule has 8 nitrogen and oxygen atoms in total. The predicted molar refractivity (Wildman–Crippen MR) is 117 cm³/mol. The van der Waals surface area contributed by atoms with Crippen molar-refractivity contribution in [3.63, 3.8) is 0 Å². The van der Waals surface area contributed by atoms with Gasteiger partial charge in [-0.2, -0.15) is 4.31 Å². The third-order valence-electron chi connectivity index (χ3n) is 5.35. The Bertz CT molecular complexity index is 1310. The number of hydrogen-bond acceptors (Lipinski definition) is 5. The number of sulfonamides is 1. The summed E-state index contributed by atoms with van der Waals surface area (Å²) in [7, 11) is -3.85. The van der Waals surface area contributed by atoms with Crippen LogP contribution in [0.5, 0.6) is 0 Å². The number of para-hydroxylation sites is 2. The first-order valence-corrected chi connectivity index (χ1v) is 11.7. The Morgan fingerprint density at radius 1 is 1.03 bits per heavy atom. The Morgan fingerprint density at radius 2 is 1.71 bits per heavy atom. The number of halogens is 2. The van der Waals surface area contributed by atoms with E-state index in [1.165, 1.54) is 27.1 Å². The molecule has 0 N–H and O–H groups in total. The second-order valence-electron chi connectivity index (χ2n) is 7.16. The molecule has 1 atom stereocenters. The van der Waals surface area contributed by atoms with Crippen LogP contribution in [0.2, 0.25) is 10.0 Å². The lowest BCUT2D eigenvalue weighted by atomic mass is 10.2. The Hall–Kier alpha value is -2.33. The summed E-state index contributed by atoms with van der Waals surface area (Å²) >= 11 is 12.1. The number of amides is 1. The molecule has 1 fully saturated rings. The summed E-state index contributed by atoms with van der Waals surface area (Å²) in [4.78, 5) is 26.8. The van der Waals surface area contributed by atoms with Crippen molar-refractivity contribution < 1.29 is 17.6 Å². The van der Waals surface area contributed by atoms with E-state index in [0.717, 1.165) is 0 Å². The van der Waals surface area contributed by atoms with E-state index in [1.807, 2.05) is 0 Å². The number of aromatic nitrogens is 1. The zero-order chi connectivity index (χ0) is 22.3. The van der Waals surface area contributed by atoms with Crippen molar-refractivity contribution in [1.82, 2.24) is 13.8 Å². The zero-order valence-electron chi connectivity index (χ0n) is 16.5. The van der Waals surface area contributed by atoms with Crippen LogP contribution in [0.4, 0.5) is 0 Å². The van der Waals surface area contributed by atoms with Gasteiger partial charge in [-0.25, -0.2) is 13.2 Å². The van der Waals surface area contributed by atoms with Crippen LogP contribution in [-0.2, 0) is 14.8 Å². The summed E-state index contributed by atoms with van der Waals surface area (Å²) in [5, 5.41) is 0.130. The quantitative estimate of drug-likeness (QED) is 0.568. The van der Waals surface area contributed by atoms with Gasteiger partial charge in [0, 0.05) is 26.2 Å². The lowest BCUT2D eigenvalue weighted by molar-refractivity contribution is -0.135. The molecule has 2 heterocycles. The van der Waals surface area contributed by atoms with Crippen molar-refractivity contribution in [2.24, 2.45) is 0 Å². The van der Waals surface area contributed by atoms with Gasteiger partial charge in [0.15, 0.2) is 5.58 Å². The molecule has 1 unspecified atom stereocenters. The van der Waals surface area contributed by atoms with Gasteiger partial charge in [0.1, 0.15) is 10.9 Å². The predicted octanol–water partition coefficient (Wildman–Crippen LogP) is 3.00. The van der Waals surface area contributed by atoms with E-state index in [9.17, 15) is 18.0 Å². The van der Waals surface area contributed by atoms with Crippen LogP contribution in [0.1, 0.15) is 13.0 Å². The van der Waals surface area contributed by atoms with Crippen LogP contribution in [0.3, 0.4) is 0 Å². The Balaban J connectivity index is 1.51. The van der Waals surface area contributed by atoms with Crippen LogP contribution in [0.25, 0.3) is 11.1 Å². The van der Waals surface area contributed by atoms with Crippen molar-refractivity contribution in [2.75, 3.05) is 26.2 Å². The smallest absolute Gasteiger partial charge is 0.408 e. The lowest BCUT2D eigenvalue weighted by Crippen LogP contribution is -2.52. The third-order valence-corrected chi connectivity index (χ3v) is 8.22. The Labute approximate surface area is 188 Å². The van der Waals surface area contributed by atoms with Gasteiger partial charge in [0.05, 0.1) is 15.6 Å². The van der Waals surface area contributed by atoms with Gasteiger partial charge in [0.2, 0.25) is 15.9 Å². The van der Waals surface area contributed by atoms with E-state index in [1.54, 1.807) is 36.1 Å². The monoisotopic (exact) mass is 483 g/mol. The molecule has 11 heteroatoms. The van der Waals surface area contributed by atoms with Crippen LogP contribution in [0.15, 0.2) is 56.6 Å². The second-order valence-corrected chi connectivity index (χ2v) is 9.85. The first-order chi connectivity index (χ1) is 14.7. The van der Waals surface area contributed by atoms with Gasteiger partial charge in [0.25, 0.3) is 0 Å². The minimum atomic E-state index is -3.85. The van der Waals surface area contributed by atoms with Crippen molar-refractivity contribution >= 4 is 50.2 Å². The Morgan fingerprint density at radius 3 is 2.42 bits per heavy atom. The average Bonchev–Trinajstić information content (AvgIpc) is 3.10. The lowest BCUT2D eigenvalue weighted by Gasteiger charge is -2.35. The molecule has 2 aromatic carbocycles. The SMILES string of the molecule is CC(C(=O)N1CCN(S(=O)(=O)c2cccc(Cl)c2Cl)CC1)n1c(=O)oc2ccccc21. The molecule has 0 saturated carbocycles. The molecule has 0 bridgehead atoms. The average molecular weight is 484 g/mol. The van der Waals surface area contributed by atoms with Crippen LogP contribution >= 0.6 is 23.2 Å². The molecule has 3 aromatic rings. The van der Waals surface area contributed by atoms with Gasteiger partial charge in [-0.05, 0) is 31.2 Å². The van der Waals surface area contributed by atoms with Gasteiger partial charge < -0.3 is 9.32 Å². The highest BCUT2D eigenvalue weighted by molar-refractivity contribution is 7.89. The molecule has 164 valence electrons. The summed E-state index contributed by atoms with van der Waals surface area (Å²) in [5.41, 5.74) is 0.937. The largest absolute Gasteiger partial charge is 0.420 e. The molecule has 0 radical (unpaired) electrons. The number of rotatable bonds is 4. The maximum absolute atomic E-state index is 13.0. The van der Waals surface area contributed by atoms with Gasteiger partial charge >= 0.3 is 5.76 Å². The van der Waals surface area contributed by atoms with E-state index in [4.69, 9.17) is 27.6 Å². The molecule has 0 aliphatic carbocycles. The van der Waals surface area contributed by atoms with E-state index in [2.05, 4.69) is 0 Å². The van der Waals surface area contributed by atoms with Gasteiger partial charge in [-0.1, -0.05) is 41.4 Å². The van der Waals surface area contributed by atoms with Crippen molar-refractivity contribution in [1.29, 1.82) is 0 Å². The zero-order valence-corrected chi connectivity index (χ0v) is 18.8. The summed E-state index contributed by atoms with van der Waals surface area (Å²) in [6.07, 6.45) is 0. The van der Waals surface area contributed by atoms with Crippen LogP contribution in [0, 0.1) is 0 Å². The molecule has 1 aliphatic rings. The fourth-order valence-electron chi connectivity index (χ4n) is 3.70. The first-order valence-electron chi connectivity index (χ1n) is 9.55. The summed E-state index contributed by atoms with van der Waals surface area (Å²) < 4.78 is 33.7. The molecule has 1 saturated heterocycles. The van der Waals surface area contributed by atoms with E-state index in [0.29, 0.717) is 11.1 Å². The normalized spacial score (nSPS) is 16.5. The van der Waals surface area contributed by atoms with Gasteiger partial charge in [-0.15, -0.1) is 0 Å². The molecular weight excluding hydrogens is 465 g/mol. The van der Waals surface area contributed by atoms with Crippen molar-refractivity contribution in [3.05, 3.63) is 63.1 Å². The summed E-state index contributed by atoms with van der Waals surface area (Å²) in [5.74, 6) is -0.898. The highest BCUT2D eigenvalue weighted by atomic mass is 35.5. The number of benzene rings is 2. The number of carbonyl (C=O) groups is 1. The van der Waals surface area contributed by atoms with E-state index >= 15 is 0 Å². The molecular formula is C20H19Cl2N3O5S. The first kappa shape index (κ1) is 21.9. The molecule has 0 spiro atoms. The number of nitrogens with zero attached hydrogens (tertiary/aromatic N) is 3.